The number of nitrogens with two attached hydrogens (primary N) is 1. The molecule has 0 heterocycles. The Balaban J connectivity index is 0.000000360. The lowest BCUT2D eigenvalue weighted by Gasteiger charge is -1.92. The number of hydrogen-bond acceptors (Lipinski definition) is 1. The summed E-state index contributed by atoms with van der Waals surface area (Å²) in [5, 5.41) is 0. The average molecular weight is 101 g/mol. The molecule has 1 saturated carbocycles. The minimum atomic E-state index is 0. The van der Waals surface area contributed by atoms with Crippen molar-refractivity contribution < 1.29 is 0 Å². The Kier molecular flexibility index (Phi) is 3.01. The van der Waals surface area contributed by atoms with E-state index in [1.165, 1.54) is 25.7 Å². The van der Waals surface area contributed by atoms with Crippen molar-refractivity contribution >= 4 is 0 Å². The summed E-state index contributed by atoms with van der Waals surface area (Å²) in [4.78, 5) is 0. The second kappa shape index (κ2) is 3.03. The van der Waals surface area contributed by atoms with Crippen LogP contribution >= 0.6 is 0 Å². The van der Waals surface area contributed by atoms with Gasteiger partial charge in [0.25, 0.3) is 0 Å². The molecular weight excluding hydrogens is 86.1 g/mol. The first-order valence-electron chi connectivity index (χ1n) is 2.65. The molecule has 2 N–H and O–H groups in total. The van der Waals surface area contributed by atoms with E-state index >= 15 is 0 Å². The second-order valence-electron chi connectivity index (χ2n) is 2.04. The van der Waals surface area contributed by atoms with E-state index in [0.717, 1.165) is 0 Å². The monoisotopic (exact) mass is 101 g/mol. The Bertz CT molecular complexity index is 37.4. The van der Waals surface area contributed by atoms with Gasteiger partial charge in [-0.3, -0.25) is 0 Å². The highest BCUT2D eigenvalue weighted by molar-refractivity contribution is 4.67. The number of rotatable bonds is 0. The predicted molar refractivity (Wildman–Crippen MR) is 33.2 cm³/mol. The van der Waals surface area contributed by atoms with Crippen LogP contribution in [0.1, 0.15) is 33.1 Å². The molecule has 1 rings (SSSR count). The zero-order chi connectivity index (χ0) is 4.41. The highest BCUT2D eigenvalue weighted by Gasteiger charge is 2.07. The molecule has 7 heavy (non-hydrogen) atoms. The lowest BCUT2D eigenvalue weighted by Crippen LogP contribution is -2.13. The summed E-state index contributed by atoms with van der Waals surface area (Å²) < 4.78 is 0. The van der Waals surface area contributed by atoms with Crippen molar-refractivity contribution in [2.45, 2.75) is 39.2 Å². The minimum absolute atomic E-state index is 0. The van der Waals surface area contributed by atoms with Gasteiger partial charge in [-0.1, -0.05) is 20.3 Å². The fourth-order valence-electron chi connectivity index (χ4n) is 0.957. The van der Waals surface area contributed by atoms with Gasteiger partial charge in [0.2, 0.25) is 0 Å². The molecule has 1 aliphatic rings. The van der Waals surface area contributed by atoms with Crippen molar-refractivity contribution in [2.24, 2.45) is 5.73 Å². The lowest BCUT2D eigenvalue weighted by molar-refractivity contribution is 0.704. The van der Waals surface area contributed by atoms with Crippen molar-refractivity contribution in [2.75, 3.05) is 0 Å². The molecule has 0 spiro atoms. The Morgan fingerprint density at radius 2 is 1.57 bits per heavy atom. The van der Waals surface area contributed by atoms with Gasteiger partial charge in [-0.05, 0) is 12.8 Å². The van der Waals surface area contributed by atoms with Crippen LogP contribution in [0.5, 0.6) is 0 Å². The maximum Gasteiger partial charge on any atom is 0.00388 e. The zero-order valence-corrected chi connectivity index (χ0v) is 3.98. The van der Waals surface area contributed by atoms with E-state index < -0.39 is 0 Å². The van der Waals surface area contributed by atoms with Crippen LogP contribution in [-0.2, 0) is 0 Å². The third-order valence-corrected chi connectivity index (χ3v) is 1.40. The largest absolute Gasteiger partial charge is 0.328 e. The van der Waals surface area contributed by atoms with Crippen LogP contribution in [0.15, 0.2) is 0 Å². The standard InChI is InChI=1S/C5H11N.CH4/c6-5-3-1-2-4-5;/h5H,1-4,6H2;1H4. The quantitative estimate of drug-likeness (QED) is 0.492. The van der Waals surface area contributed by atoms with Crippen LogP contribution in [0.25, 0.3) is 0 Å². The van der Waals surface area contributed by atoms with Gasteiger partial charge in [-0.25, -0.2) is 0 Å². The summed E-state index contributed by atoms with van der Waals surface area (Å²) in [5.41, 5.74) is 5.53. The molecule has 0 bridgehead atoms. The SMILES string of the molecule is C.NC1CCCC1. The van der Waals surface area contributed by atoms with Gasteiger partial charge in [-0.15, -0.1) is 0 Å². The molecule has 0 aliphatic heterocycles. The van der Waals surface area contributed by atoms with Gasteiger partial charge >= 0.3 is 0 Å². The molecular formula is C6H15N. The van der Waals surface area contributed by atoms with E-state index in [2.05, 4.69) is 0 Å². The average Bonchev–Trinajstić information content (AvgIpc) is 1.86. The second-order valence-corrected chi connectivity index (χ2v) is 2.04. The highest BCUT2D eigenvalue weighted by atomic mass is 14.6. The van der Waals surface area contributed by atoms with E-state index in [1.54, 1.807) is 0 Å². The van der Waals surface area contributed by atoms with Crippen LogP contribution in [0.4, 0.5) is 0 Å². The Morgan fingerprint density at radius 1 is 1.14 bits per heavy atom. The molecule has 0 amide bonds. The summed E-state index contributed by atoms with van der Waals surface area (Å²) >= 11 is 0. The lowest BCUT2D eigenvalue weighted by atomic mass is 10.3. The van der Waals surface area contributed by atoms with Gasteiger partial charge in [0.05, 0.1) is 0 Å². The molecule has 0 aromatic carbocycles. The molecule has 0 radical (unpaired) electrons. The van der Waals surface area contributed by atoms with E-state index in [4.69, 9.17) is 5.73 Å². The molecule has 1 aliphatic carbocycles. The van der Waals surface area contributed by atoms with Crippen LogP contribution < -0.4 is 5.73 Å². The molecule has 1 nitrogen and oxygen atoms in total. The van der Waals surface area contributed by atoms with Gasteiger partial charge < -0.3 is 5.73 Å². The summed E-state index contributed by atoms with van der Waals surface area (Å²) in [5.74, 6) is 0. The Labute approximate surface area is 45.9 Å². The summed E-state index contributed by atoms with van der Waals surface area (Å²) in [6.07, 6.45) is 5.25. The van der Waals surface area contributed by atoms with Crippen LogP contribution in [-0.4, -0.2) is 6.04 Å². The zero-order valence-electron chi connectivity index (χ0n) is 3.98. The third kappa shape index (κ3) is 1.93. The van der Waals surface area contributed by atoms with Gasteiger partial charge in [0.1, 0.15) is 0 Å². The van der Waals surface area contributed by atoms with Crippen LogP contribution in [0, 0.1) is 0 Å². The van der Waals surface area contributed by atoms with Crippen LogP contribution in [0.3, 0.4) is 0 Å². The van der Waals surface area contributed by atoms with E-state index in [9.17, 15) is 0 Å². The summed E-state index contributed by atoms with van der Waals surface area (Å²) in [6, 6.07) is 0.546. The minimum Gasteiger partial charge on any atom is -0.328 e. The molecule has 1 fully saturated rings. The Hall–Kier alpha value is -0.0400. The Morgan fingerprint density at radius 3 is 1.71 bits per heavy atom. The predicted octanol–water partition coefficient (Wildman–Crippen LogP) is 1.52. The highest BCUT2D eigenvalue weighted by Crippen LogP contribution is 2.14. The van der Waals surface area contributed by atoms with Crippen molar-refractivity contribution in [1.29, 1.82) is 0 Å². The summed E-state index contributed by atoms with van der Waals surface area (Å²) in [6.45, 7) is 0. The van der Waals surface area contributed by atoms with Crippen LogP contribution in [0.2, 0.25) is 0 Å². The fraction of sp³-hybridized carbons (Fsp3) is 1.00. The van der Waals surface area contributed by atoms with Gasteiger partial charge in [0, 0.05) is 6.04 Å². The van der Waals surface area contributed by atoms with Gasteiger partial charge in [0.15, 0.2) is 0 Å². The normalized spacial score (nSPS) is 21.9. The first kappa shape index (κ1) is 6.96. The van der Waals surface area contributed by atoms with Crippen molar-refractivity contribution in [3.05, 3.63) is 0 Å². The number of hydrogen-bond donors (Lipinski definition) is 1. The summed E-state index contributed by atoms with van der Waals surface area (Å²) in [7, 11) is 0. The topological polar surface area (TPSA) is 26.0 Å². The first-order chi connectivity index (χ1) is 2.89. The van der Waals surface area contributed by atoms with Crippen molar-refractivity contribution in [1.82, 2.24) is 0 Å². The molecule has 0 aromatic heterocycles. The van der Waals surface area contributed by atoms with E-state index in [1.807, 2.05) is 0 Å². The van der Waals surface area contributed by atoms with Crippen molar-refractivity contribution in [3.63, 3.8) is 0 Å². The maximum absolute atomic E-state index is 5.53. The van der Waals surface area contributed by atoms with Crippen molar-refractivity contribution in [3.8, 4) is 0 Å². The molecule has 1 heteroatoms. The molecule has 0 unspecified atom stereocenters. The third-order valence-electron chi connectivity index (χ3n) is 1.40. The molecule has 44 valence electrons. The smallest absolute Gasteiger partial charge is 0.00388 e. The fourth-order valence-corrected chi connectivity index (χ4v) is 0.957. The first-order valence-corrected chi connectivity index (χ1v) is 2.65. The van der Waals surface area contributed by atoms with E-state index in [0.29, 0.717) is 6.04 Å². The maximum atomic E-state index is 5.53. The molecule has 0 saturated heterocycles. The molecule has 0 atom stereocenters. The van der Waals surface area contributed by atoms with E-state index in [-0.39, 0.29) is 7.43 Å². The molecule has 0 aromatic rings. The van der Waals surface area contributed by atoms with Gasteiger partial charge in [-0.2, -0.15) is 0 Å².